The lowest BCUT2D eigenvalue weighted by atomic mass is 10.2. The van der Waals surface area contributed by atoms with Gasteiger partial charge in [0.05, 0.1) is 0 Å². The molecule has 2 aromatic rings. The van der Waals surface area contributed by atoms with Crippen LogP contribution in [-0.2, 0) is 12.3 Å². The standard InChI is InChI=1S/C15H15N3S/c1-17-10-12-4-6-14(7-5-12)19-11-13-3-2-8-18-15(13)9-16/h2-8,17H,10-11H2,1H3. The van der Waals surface area contributed by atoms with Crippen LogP contribution in [0.25, 0.3) is 0 Å². The van der Waals surface area contributed by atoms with Gasteiger partial charge in [-0.3, -0.25) is 0 Å². The highest BCUT2D eigenvalue weighted by atomic mass is 32.2. The van der Waals surface area contributed by atoms with Gasteiger partial charge >= 0.3 is 0 Å². The van der Waals surface area contributed by atoms with Gasteiger partial charge in [-0.1, -0.05) is 18.2 Å². The van der Waals surface area contributed by atoms with E-state index in [0.29, 0.717) is 5.69 Å². The Hall–Kier alpha value is -1.83. The van der Waals surface area contributed by atoms with Gasteiger partial charge in [-0.2, -0.15) is 5.26 Å². The summed E-state index contributed by atoms with van der Waals surface area (Å²) in [6.07, 6.45) is 1.65. The normalized spacial score (nSPS) is 10.1. The van der Waals surface area contributed by atoms with Crippen molar-refractivity contribution in [2.45, 2.75) is 17.2 Å². The summed E-state index contributed by atoms with van der Waals surface area (Å²) in [7, 11) is 1.94. The summed E-state index contributed by atoms with van der Waals surface area (Å²) in [6.45, 7) is 0.881. The fourth-order valence-corrected chi connectivity index (χ4v) is 2.61. The van der Waals surface area contributed by atoms with E-state index < -0.39 is 0 Å². The van der Waals surface area contributed by atoms with Gasteiger partial charge in [0.25, 0.3) is 0 Å². The Balaban J connectivity index is 2.00. The first-order chi connectivity index (χ1) is 9.33. The molecular weight excluding hydrogens is 254 g/mol. The topological polar surface area (TPSA) is 48.7 Å². The van der Waals surface area contributed by atoms with Crippen molar-refractivity contribution in [2.24, 2.45) is 0 Å². The molecule has 0 spiro atoms. The van der Waals surface area contributed by atoms with E-state index in [2.05, 4.69) is 40.6 Å². The van der Waals surface area contributed by atoms with Crippen LogP contribution >= 0.6 is 11.8 Å². The first-order valence-electron chi connectivity index (χ1n) is 6.04. The molecule has 0 aliphatic heterocycles. The molecule has 0 amide bonds. The van der Waals surface area contributed by atoms with Crippen LogP contribution in [0.2, 0.25) is 0 Å². The number of rotatable bonds is 5. The quantitative estimate of drug-likeness (QED) is 0.848. The largest absolute Gasteiger partial charge is 0.316 e. The van der Waals surface area contributed by atoms with Crippen molar-refractivity contribution in [1.29, 1.82) is 5.26 Å². The fourth-order valence-electron chi connectivity index (χ4n) is 1.72. The van der Waals surface area contributed by atoms with Gasteiger partial charge in [0.1, 0.15) is 11.8 Å². The second kappa shape index (κ2) is 6.93. The zero-order valence-corrected chi connectivity index (χ0v) is 11.6. The SMILES string of the molecule is CNCc1ccc(SCc2cccnc2C#N)cc1. The van der Waals surface area contributed by atoms with Crippen molar-refractivity contribution in [3.63, 3.8) is 0 Å². The van der Waals surface area contributed by atoms with Crippen molar-refractivity contribution in [1.82, 2.24) is 10.3 Å². The Bertz CT molecular complexity index is 573. The number of benzene rings is 1. The van der Waals surface area contributed by atoms with Gasteiger partial charge < -0.3 is 5.32 Å². The molecule has 0 bridgehead atoms. The molecule has 0 saturated carbocycles. The van der Waals surface area contributed by atoms with Gasteiger partial charge in [0, 0.05) is 23.4 Å². The maximum Gasteiger partial charge on any atom is 0.144 e. The van der Waals surface area contributed by atoms with Crippen molar-refractivity contribution in [3.05, 3.63) is 59.4 Å². The highest BCUT2D eigenvalue weighted by Gasteiger charge is 2.03. The molecule has 2 rings (SSSR count). The zero-order chi connectivity index (χ0) is 13.5. The van der Waals surface area contributed by atoms with Crippen LogP contribution in [0.15, 0.2) is 47.5 Å². The molecule has 0 unspecified atom stereocenters. The summed E-state index contributed by atoms with van der Waals surface area (Å²) in [5, 5.41) is 12.1. The van der Waals surface area contributed by atoms with E-state index in [4.69, 9.17) is 5.26 Å². The van der Waals surface area contributed by atoms with Gasteiger partial charge in [-0.25, -0.2) is 4.98 Å². The van der Waals surface area contributed by atoms with E-state index >= 15 is 0 Å². The lowest BCUT2D eigenvalue weighted by Gasteiger charge is -2.05. The Labute approximate surface area is 117 Å². The number of pyridine rings is 1. The molecule has 1 aromatic heterocycles. The third-order valence-electron chi connectivity index (χ3n) is 2.70. The van der Waals surface area contributed by atoms with Crippen LogP contribution in [0.3, 0.4) is 0 Å². The Morgan fingerprint density at radius 1 is 1.26 bits per heavy atom. The maximum absolute atomic E-state index is 8.98. The number of hydrogen-bond donors (Lipinski definition) is 1. The summed E-state index contributed by atoms with van der Waals surface area (Å²) < 4.78 is 0. The van der Waals surface area contributed by atoms with E-state index in [1.165, 1.54) is 10.5 Å². The molecule has 0 radical (unpaired) electrons. The molecule has 0 aliphatic rings. The van der Waals surface area contributed by atoms with Crippen LogP contribution in [0, 0.1) is 11.3 Å². The predicted octanol–water partition coefficient (Wildman–Crippen LogP) is 2.96. The van der Waals surface area contributed by atoms with Crippen molar-refractivity contribution in [2.75, 3.05) is 7.05 Å². The van der Waals surface area contributed by atoms with E-state index in [9.17, 15) is 0 Å². The third kappa shape index (κ3) is 3.82. The van der Waals surface area contributed by atoms with Gasteiger partial charge in [-0.05, 0) is 36.4 Å². The maximum atomic E-state index is 8.98. The minimum atomic E-state index is 0.516. The molecule has 1 aromatic carbocycles. The van der Waals surface area contributed by atoms with Gasteiger partial charge in [0.15, 0.2) is 0 Å². The lowest BCUT2D eigenvalue weighted by molar-refractivity contribution is 0.817. The van der Waals surface area contributed by atoms with Crippen LogP contribution in [-0.4, -0.2) is 12.0 Å². The minimum Gasteiger partial charge on any atom is -0.316 e. The molecule has 19 heavy (non-hydrogen) atoms. The third-order valence-corrected chi connectivity index (χ3v) is 3.76. The molecule has 4 heteroatoms. The molecule has 96 valence electrons. The first-order valence-corrected chi connectivity index (χ1v) is 7.02. The molecule has 1 N–H and O–H groups in total. The number of aromatic nitrogens is 1. The number of nitrogens with one attached hydrogen (secondary N) is 1. The van der Waals surface area contributed by atoms with E-state index in [0.717, 1.165) is 17.9 Å². The van der Waals surface area contributed by atoms with Crippen LogP contribution in [0.5, 0.6) is 0 Å². The molecule has 0 fully saturated rings. The summed E-state index contributed by atoms with van der Waals surface area (Å²) >= 11 is 1.72. The van der Waals surface area contributed by atoms with Crippen molar-refractivity contribution >= 4 is 11.8 Å². The van der Waals surface area contributed by atoms with E-state index in [-0.39, 0.29) is 0 Å². The molecule has 0 atom stereocenters. The monoisotopic (exact) mass is 269 g/mol. The molecule has 1 heterocycles. The van der Waals surface area contributed by atoms with Crippen LogP contribution in [0.1, 0.15) is 16.8 Å². The smallest absolute Gasteiger partial charge is 0.144 e. The summed E-state index contributed by atoms with van der Waals surface area (Å²) in [6, 6.07) is 14.4. The Morgan fingerprint density at radius 3 is 2.74 bits per heavy atom. The summed E-state index contributed by atoms with van der Waals surface area (Å²) in [5.74, 6) is 0.766. The number of hydrogen-bond acceptors (Lipinski definition) is 4. The second-order valence-electron chi connectivity index (χ2n) is 4.09. The predicted molar refractivity (Wildman–Crippen MR) is 77.7 cm³/mol. The second-order valence-corrected chi connectivity index (χ2v) is 5.13. The number of thioether (sulfide) groups is 1. The summed E-state index contributed by atoms with van der Waals surface area (Å²) in [4.78, 5) is 5.27. The van der Waals surface area contributed by atoms with Crippen molar-refractivity contribution < 1.29 is 0 Å². The highest BCUT2D eigenvalue weighted by Crippen LogP contribution is 2.23. The van der Waals surface area contributed by atoms with Gasteiger partial charge in [-0.15, -0.1) is 11.8 Å². The van der Waals surface area contributed by atoms with Crippen molar-refractivity contribution in [3.8, 4) is 6.07 Å². The highest BCUT2D eigenvalue weighted by molar-refractivity contribution is 7.98. The minimum absolute atomic E-state index is 0.516. The fraction of sp³-hybridized carbons (Fsp3) is 0.200. The number of nitrogens with zero attached hydrogens (tertiary/aromatic N) is 2. The lowest BCUT2D eigenvalue weighted by Crippen LogP contribution is -2.04. The number of nitriles is 1. The van der Waals surface area contributed by atoms with Crippen LogP contribution < -0.4 is 5.32 Å². The van der Waals surface area contributed by atoms with Gasteiger partial charge in [0.2, 0.25) is 0 Å². The van der Waals surface area contributed by atoms with E-state index in [1.54, 1.807) is 18.0 Å². The molecular formula is C15H15N3S. The van der Waals surface area contributed by atoms with Crippen LogP contribution in [0.4, 0.5) is 0 Å². The Morgan fingerprint density at radius 2 is 2.05 bits per heavy atom. The zero-order valence-electron chi connectivity index (χ0n) is 10.8. The molecule has 0 aliphatic carbocycles. The molecule has 3 nitrogen and oxygen atoms in total. The van der Waals surface area contributed by atoms with E-state index in [1.807, 2.05) is 19.2 Å². The average Bonchev–Trinajstić information content (AvgIpc) is 2.47. The average molecular weight is 269 g/mol. The first kappa shape index (κ1) is 13.6. The molecule has 0 saturated heterocycles. The Kier molecular flexibility index (Phi) is 4.96. The summed E-state index contributed by atoms with van der Waals surface area (Å²) in [5.41, 5.74) is 2.77.